The largest absolute Gasteiger partial charge is 0.502 e. The van der Waals surface area contributed by atoms with Crippen LogP contribution in [0.4, 0.5) is 5.69 Å². The van der Waals surface area contributed by atoms with Crippen LogP contribution < -0.4 is 4.90 Å². The van der Waals surface area contributed by atoms with E-state index < -0.39 is 17.6 Å². The zero-order chi connectivity index (χ0) is 16.7. The Balaban J connectivity index is 2.07. The van der Waals surface area contributed by atoms with Gasteiger partial charge >= 0.3 is 5.91 Å². The predicted octanol–water partition coefficient (Wildman–Crippen LogP) is 4.10. The molecular weight excluding hydrogens is 429 g/mol. The van der Waals surface area contributed by atoms with E-state index in [1.807, 2.05) is 13.0 Å². The third-order valence-electron chi connectivity index (χ3n) is 3.59. The van der Waals surface area contributed by atoms with Crippen LogP contribution in [-0.2, 0) is 9.59 Å². The quantitative estimate of drug-likeness (QED) is 0.566. The van der Waals surface area contributed by atoms with Gasteiger partial charge in [-0.15, -0.1) is 0 Å². The zero-order valence-electron chi connectivity index (χ0n) is 12.0. The molecule has 1 aliphatic rings. The van der Waals surface area contributed by atoms with Gasteiger partial charge in [0.1, 0.15) is 0 Å². The van der Waals surface area contributed by atoms with Crippen molar-refractivity contribution in [2.75, 3.05) is 4.90 Å². The number of hydrogen-bond donors (Lipinski definition) is 1. The van der Waals surface area contributed by atoms with Crippen molar-refractivity contribution in [3.8, 4) is 0 Å². The minimum absolute atomic E-state index is 0.00961. The molecule has 0 unspecified atom stereocenters. The fourth-order valence-electron chi connectivity index (χ4n) is 2.48. The molecule has 2 amide bonds. The van der Waals surface area contributed by atoms with Crippen molar-refractivity contribution >= 4 is 57.3 Å². The van der Waals surface area contributed by atoms with Gasteiger partial charge in [0, 0.05) is 8.59 Å². The molecule has 0 atom stereocenters. The molecule has 0 spiro atoms. The van der Waals surface area contributed by atoms with Gasteiger partial charge in [-0.25, -0.2) is 4.90 Å². The molecule has 0 radical (unpaired) electrons. The standard InChI is InChI=1S/C17H11ClINO3/c1-9-8-12(19)6-7-13(9)20-16(22)14(15(21)17(20)23)10-2-4-11(18)5-3-10/h2-8,21H,1H3. The normalized spacial score (nSPS) is 14.8. The molecule has 116 valence electrons. The van der Waals surface area contributed by atoms with E-state index in [-0.39, 0.29) is 5.57 Å². The average Bonchev–Trinajstić information content (AvgIpc) is 2.72. The predicted molar refractivity (Wildman–Crippen MR) is 97.4 cm³/mol. The van der Waals surface area contributed by atoms with Crippen molar-refractivity contribution in [1.29, 1.82) is 0 Å². The lowest BCUT2D eigenvalue weighted by molar-refractivity contribution is -0.121. The number of imide groups is 1. The first kappa shape index (κ1) is 16.0. The molecular formula is C17H11ClINO3. The topological polar surface area (TPSA) is 57.6 Å². The molecule has 1 N–H and O–H groups in total. The van der Waals surface area contributed by atoms with Crippen molar-refractivity contribution in [2.24, 2.45) is 0 Å². The summed E-state index contributed by atoms with van der Waals surface area (Å²) in [5, 5.41) is 10.7. The van der Waals surface area contributed by atoms with E-state index in [9.17, 15) is 14.7 Å². The highest BCUT2D eigenvalue weighted by atomic mass is 127. The van der Waals surface area contributed by atoms with Gasteiger partial charge in [-0.3, -0.25) is 9.59 Å². The van der Waals surface area contributed by atoms with Gasteiger partial charge in [-0.05, 0) is 71.0 Å². The van der Waals surface area contributed by atoms with Gasteiger partial charge in [0.05, 0.1) is 11.3 Å². The van der Waals surface area contributed by atoms with E-state index in [0.717, 1.165) is 14.0 Å². The third-order valence-corrected chi connectivity index (χ3v) is 4.52. The maximum Gasteiger partial charge on any atom is 0.301 e. The summed E-state index contributed by atoms with van der Waals surface area (Å²) in [6, 6.07) is 11.8. The molecule has 0 aliphatic carbocycles. The Morgan fingerprint density at radius 1 is 1.04 bits per heavy atom. The van der Waals surface area contributed by atoms with E-state index >= 15 is 0 Å². The Kier molecular flexibility index (Phi) is 4.16. The van der Waals surface area contributed by atoms with Crippen LogP contribution >= 0.6 is 34.2 Å². The van der Waals surface area contributed by atoms with Crippen molar-refractivity contribution in [3.05, 3.63) is 67.9 Å². The smallest absolute Gasteiger partial charge is 0.301 e. The number of aliphatic hydroxyl groups excluding tert-OH is 1. The fourth-order valence-corrected chi connectivity index (χ4v) is 3.26. The Hall–Kier alpha value is -1.86. The van der Waals surface area contributed by atoms with Crippen molar-refractivity contribution in [3.63, 3.8) is 0 Å². The molecule has 4 nitrogen and oxygen atoms in total. The zero-order valence-corrected chi connectivity index (χ0v) is 14.9. The van der Waals surface area contributed by atoms with Gasteiger partial charge in [0.25, 0.3) is 5.91 Å². The van der Waals surface area contributed by atoms with Crippen molar-refractivity contribution < 1.29 is 14.7 Å². The number of carbonyl (C=O) groups is 2. The molecule has 23 heavy (non-hydrogen) atoms. The van der Waals surface area contributed by atoms with Gasteiger partial charge < -0.3 is 5.11 Å². The minimum atomic E-state index is -0.718. The van der Waals surface area contributed by atoms with Crippen LogP contribution in [0.15, 0.2) is 48.2 Å². The second-order valence-corrected chi connectivity index (χ2v) is 6.79. The second-order valence-electron chi connectivity index (χ2n) is 5.11. The van der Waals surface area contributed by atoms with Crippen LogP contribution in [0.3, 0.4) is 0 Å². The number of hydrogen-bond acceptors (Lipinski definition) is 3. The van der Waals surface area contributed by atoms with E-state index in [4.69, 9.17) is 11.6 Å². The summed E-state index contributed by atoms with van der Waals surface area (Å²) in [5.41, 5.74) is 1.69. The number of carbonyl (C=O) groups excluding carboxylic acids is 2. The van der Waals surface area contributed by atoms with Crippen LogP contribution in [0.1, 0.15) is 11.1 Å². The Labute approximate surface area is 151 Å². The lowest BCUT2D eigenvalue weighted by Crippen LogP contribution is -2.32. The van der Waals surface area contributed by atoms with Gasteiger partial charge in [0.15, 0.2) is 5.76 Å². The highest BCUT2D eigenvalue weighted by molar-refractivity contribution is 14.1. The second kappa shape index (κ2) is 5.98. The van der Waals surface area contributed by atoms with Gasteiger partial charge in [0.2, 0.25) is 0 Å². The van der Waals surface area contributed by atoms with Crippen molar-refractivity contribution in [1.82, 2.24) is 0 Å². The SMILES string of the molecule is Cc1cc(I)ccc1N1C(=O)C(O)=C(c2ccc(Cl)cc2)C1=O. The van der Waals surface area contributed by atoms with E-state index in [0.29, 0.717) is 16.3 Å². The molecule has 2 aromatic carbocycles. The summed E-state index contributed by atoms with van der Waals surface area (Å²) >= 11 is 7.99. The lowest BCUT2D eigenvalue weighted by Gasteiger charge is -2.17. The summed E-state index contributed by atoms with van der Waals surface area (Å²) in [6.45, 7) is 1.81. The molecule has 0 bridgehead atoms. The number of benzene rings is 2. The Bertz CT molecular complexity index is 859. The summed E-state index contributed by atoms with van der Waals surface area (Å²) in [5.74, 6) is -1.81. The molecule has 1 heterocycles. The summed E-state index contributed by atoms with van der Waals surface area (Å²) < 4.78 is 0.998. The monoisotopic (exact) mass is 439 g/mol. The molecule has 0 fully saturated rings. The summed E-state index contributed by atoms with van der Waals surface area (Å²) in [4.78, 5) is 26.1. The number of aliphatic hydroxyl groups is 1. The lowest BCUT2D eigenvalue weighted by atomic mass is 10.1. The highest BCUT2D eigenvalue weighted by Gasteiger charge is 2.40. The first-order valence-electron chi connectivity index (χ1n) is 6.74. The summed E-state index contributed by atoms with van der Waals surface area (Å²) in [7, 11) is 0. The number of aryl methyl sites for hydroxylation is 1. The van der Waals surface area contributed by atoms with Crippen LogP contribution in [0, 0.1) is 10.5 Å². The molecule has 1 aliphatic heterocycles. The van der Waals surface area contributed by atoms with Gasteiger partial charge in [-0.2, -0.15) is 0 Å². The molecule has 0 saturated heterocycles. The summed E-state index contributed by atoms with van der Waals surface area (Å²) in [6.07, 6.45) is 0. The van der Waals surface area contributed by atoms with Crippen LogP contribution in [0.5, 0.6) is 0 Å². The molecule has 2 aromatic rings. The van der Waals surface area contributed by atoms with Gasteiger partial charge in [-0.1, -0.05) is 23.7 Å². The van der Waals surface area contributed by atoms with E-state index in [1.165, 1.54) is 0 Å². The Morgan fingerprint density at radius 3 is 2.30 bits per heavy atom. The molecule has 6 heteroatoms. The number of anilines is 1. The highest BCUT2D eigenvalue weighted by Crippen LogP contribution is 2.34. The minimum Gasteiger partial charge on any atom is -0.502 e. The fraction of sp³-hybridized carbons (Fsp3) is 0.0588. The average molecular weight is 440 g/mol. The van der Waals surface area contributed by atoms with Crippen LogP contribution in [0.2, 0.25) is 5.02 Å². The first-order chi connectivity index (χ1) is 10.9. The Morgan fingerprint density at radius 2 is 1.70 bits per heavy atom. The molecule has 0 aromatic heterocycles. The number of rotatable bonds is 2. The number of nitrogens with zero attached hydrogens (tertiary/aromatic N) is 1. The molecule has 0 saturated carbocycles. The molecule has 3 rings (SSSR count). The first-order valence-corrected chi connectivity index (χ1v) is 8.20. The number of amides is 2. The maximum atomic E-state index is 12.7. The number of halogens is 2. The van der Waals surface area contributed by atoms with Crippen LogP contribution in [-0.4, -0.2) is 16.9 Å². The van der Waals surface area contributed by atoms with E-state index in [2.05, 4.69) is 22.6 Å². The third kappa shape index (κ3) is 2.74. The van der Waals surface area contributed by atoms with E-state index in [1.54, 1.807) is 36.4 Å². The van der Waals surface area contributed by atoms with Crippen LogP contribution in [0.25, 0.3) is 5.57 Å². The van der Waals surface area contributed by atoms with Crippen molar-refractivity contribution in [2.45, 2.75) is 6.92 Å². The maximum absolute atomic E-state index is 12.7.